The van der Waals surface area contributed by atoms with Crippen LogP contribution in [-0.4, -0.2) is 32.5 Å². The largest absolute Gasteiger partial charge is 0.465 e. The van der Waals surface area contributed by atoms with Gasteiger partial charge in [-0.2, -0.15) is 0 Å². The molecular weight excluding hydrogens is 243 g/mol. The summed E-state index contributed by atoms with van der Waals surface area (Å²) in [6.07, 6.45) is 5.03. The summed E-state index contributed by atoms with van der Waals surface area (Å²) in [5.74, 6) is 0.318. The van der Waals surface area contributed by atoms with Crippen LogP contribution in [0.3, 0.4) is 0 Å². The average molecular weight is 262 g/mol. The second-order valence-electron chi connectivity index (χ2n) is 5.82. The van der Waals surface area contributed by atoms with Crippen molar-refractivity contribution in [2.45, 2.75) is 44.5 Å². The second-order valence-corrected chi connectivity index (χ2v) is 5.82. The van der Waals surface area contributed by atoms with Gasteiger partial charge in [0, 0.05) is 18.7 Å². The van der Waals surface area contributed by atoms with Crippen LogP contribution in [0, 0.1) is 11.8 Å². The average Bonchev–Trinajstić information content (AvgIpc) is 2.77. The van der Waals surface area contributed by atoms with Crippen LogP contribution in [0.15, 0.2) is 11.1 Å². The molecule has 0 aromatic heterocycles. The molecule has 3 atom stereocenters. The van der Waals surface area contributed by atoms with Crippen molar-refractivity contribution in [3.63, 3.8) is 0 Å². The fourth-order valence-electron chi connectivity index (χ4n) is 3.52. The van der Waals surface area contributed by atoms with Gasteiger partial charge in [-0.1, -0.05) is 11.1 Å². The molecule has 0 aromatic rings. The van der Waals surface area contributed by atoms with Crippen molar-refractivity contribution >= 4 is 19.8 Å². The Morgan fingerprint density at radius 1 is 1.32 bits per heavy atom. The first-order valence-electron chi connectivity index (χ1n) is 7.23. The topological polar surface area (TPSA) is 52.6 Å². The molecule has 0 saturated carbocycles. The van der Waals surface area contributed by atoms with E-state index in [2.05, 4.69) is 0 Å². The molecular formula is C14H19BO4. The molecule has 1 aliphatic heterocycles. The maximum absolute atomic E-state index is 11.6. The normalized spacial score (nSPS) is 33.5. The molecule has 0 bridgehead atoms. The second kappa shape index (κ2) is 5.02. The smallest absolute Gasteiger partial charge is 0.309 e. The maximum Gasteiger partial charge on any atom is 0.309 e. The quantitative estimate of drug-likeness (QED) is 0.423. The van der Waals surface area contributed by atoms with Crippen LogP contribution in [0.4, 0.5) is 0 Å². The number of hydrogen-bond donors (Lipinski definition) is 0. The molecule has 0 spiro atoms. The van der Waals surface area contributed by atoms with Crippen LogP contribution in [0.25, 0.3) is 0 Å². The van der Waals surface area contributed by atoms with Gasteiger partial charge in [0.1, 0.15) is 14.0 Å². The number of carbonyl (C=O) groups excluding carboxylic acids is 2. The molecule has 102 valence electrons. The first kappa shape index (κ1) is 12.8. The summed E-state index contributed by atoms with van der Waals surface area (Å²) in [5.41, 5.74) is 2.84. The van der Waals surface area contributed by atoms with Crippen LogP contribution in [0.1, 0.15) is 32.1 Å². The molecule has 1 fully saturated rings. The Hall–Kier alpha value is -1.26. The van der Waals surface area contributed by atoms with Crippen LogP contribution >= 0.6 is 0 Å². The highest BCUT2D eigenvalue weighted by atomic mass is 16.5. The molecule has 1 saturated heterocycles. The van der Waals surface area contributed by atoms with Crippen molar-refractivity contribution < 1.29 is 19.1 Å². The fourth-order valence-corrected chi connectivity index (χ4v) is 3.52. The number of rotatable bonds is 2. The highest BCUT2D eigenvalue weighted by Gasteiger charge is 2.42. The van der Waals surface area contributed by atoms with Gasteiger partial charge >= 0.3 is 5.97 Å². The SMILES string of the molecule is BCC(=O)O[C@H]1CCC2=C(CC3COC(=O)C3C2)C1. The monoisotopic (exact) mass is 262 g/mol. The standard InChI is InChI=1S/C14H19BO4/c15-6-13(16)19-11-2-1-8-5-12-10(3-9(8)4-11)7-18-14(12)17/h10-12H,1-7,15H2/t10?,11-,12?/m0/s1. The molecule has 5 heteroatoms. The van der Waals surface area contributed by atoms with Crippen molar-refractivity contribution in [1.29, 1.82) is 0 Å². The molecule has 3 rings (SSSR count). The summed E-state index contributed by atoms with van der Waals surface area (Å²) in [6.45, 7) is 0.569. The van der Waals surface area contributed by atoms with Crippen molar-refractivity contribution in [2.24, 2.45) is 11.8 Å². The molecule has 1 heterocycles. The third-order valence-corrected chi connectivity index (χ3v) is 4.62. The molecule has 0 radical (unpaired) electrons. The third-order valence-electron chi connectivity index (χ3n) is 4.62. The van der Waals surface area contributed by atoms with E-state index in [4.69, 9.17) is 9.47 Å². The van der Waals surface area contributed by atoms with E-state index in [0.717, 1.165) is 32.1 Å². The first-order valence-corrected chi connectivity index (χ1v) is 7.23. The van der Waals surface area contributed by atoms with Gasteiger partial charge in [0.15, 0.2) is 0 Å². The molecule has 4 nitrogen and oxygen atoms in total. The number of esters is 2. The summed E-state index contributed by atoms with van der Waals surface area (Å²) in [7, 11) is 1.82. The zero-order valence-corrected chi connectivity index (χ0v) is 11.3. The van der Waals surface area contributed by atoms with E-state index in [9.17, 15) is 9.59 Å². The Kier molecular flexibility index (Phi) is 3.37. The lowest BCUT2D eigenvalue weighted by Gasteiger charge is -2.33. The number of allylic oxidation sites excluding steroid dienone is 1. The van der Waals surface area contributed by atoms with Gasteiger partial charge < -0.3 is 9.47 Å². The van der Waals surface area contributed by atoms with Crippen molar-refractivity contribution in [3.8, 4) is 0 Å². The lowest BCUT2D eigenvalue weighted by Crippen LogP contribution is -2.29. The Labute approximate surface area is 113 Å². The number of hydrogen-bond acceptors (Lipinski definition) is 4. The zero-order chi connectivity index (χ0) is 13.4. The van der Waals surface area contributed by atoms with Crippen LogP contribution in [0.5, 0.6) is 0 Å². The van der Waals surface area contributed by atoms with E-state index < -0.39 is 0 Å². The highest BCUT2D eigenvalue weighted by Crippen LogP contribution is 2.44. The number of ether oxygens (including phenoxy) is 2. The minimum Gasteiger partial charge on any atom is -0.465 e. The van der Waals surface area contributed by atoms with Crippen molar-refractivity contribution in [3.05, 3.63) is 11.1 Å². The van der Waals surface area contributed by atoms with Crippen LogP contribution in [-0.2, 0) is 19.1 Å². The Morgan fingerprint density at radius 2 is 2.16 bits per heavy atom. The molecule has 0 aromatic carbocycles. The third kappa shape index (κ3) is 2.43. The first-order chi connectivity index (χ1) is 9.17. The number of fused-ring (bicyclic) bond motifs is 1. The molecule has 19 heavy (non-hydrogen) atoms. The minimum atomic E-state index is -0.109. The predicted octanol–water partition coefficient (Wildman–Crippen LogP) is 1.01. The van der Waals surface area contributed by atoms with E-state index in [-0.39, 0.29) is 24.0 Å². The van der Waals surface area contributed by atoms with E-state index in [1.54, 1.807) is 0 Å². The molecule has 3 aliphatic rings. The Bertz CT molecular complexity index is 443. The lowest BCUT2D eigenvalue weighted by molar-refractivity contribution is -0.146. The summed E-state index contributed by atoms with van der Waals surface area (Å²) in [6, 6.07) is 0. The van der Waals surface area contributed by atoms with Gasteiger partial charge in [-0.25, -0.2) is 0 Å². The van der Waals surface area contributed by atoms with Gasteiger partial charge in [0.2, 0.25) is 0 Å². The summed E-state index contributed by atoms with van der Waals surface area (Å²) < 4.78 is 10.6. The van der Waals surface area contributed by atoms with Gasteiger partial charge in [0.05, 0.1) is 12.5 Å². The van der Waals surface area contributed by atoms with Gasteiger partial charge in [-0.3, -0.25) is 9.59 Å². The fraction of sp³-hybridized carbons (Fsp3) is 0.714. The van der Waals surface area contributed by atoms with Crippen molar-refractivity contribution in [1.82, 2.24) is 0 Å². The summed E-state index contributed by atoms with van der Waals surface area (Å²) in [4.78, 5) is 23.0. The van der Waals surface area contributed by atoms with Crippen LogP contribution in [0.2, 0.25) is 6.32 Å². The minimum absolute atomic E-state index is 0.0175. The molecule has 0 N–H and O–H groups in total. The van der Waals surface area contributed by atoms with E-state index in [1.807, 2.05) is 7.85 Å². The van der Waals surface area contributed by atoms with E-state index in [1.165, 1.54) is 11.1 Å². The Balaban J connectivity index is 1.67. The molecule has 0 amide bonds. The summed E-state index contributed by atoms with van der Waals surface area (Å²) in [5, 5.41) is 0. The van der Waals surface area contributed by atoms with Gasteiger partial charge in [-0.05, 0) is 25.7 Å². The van der Waals surface area contributed by atoms with Gasteiger partial charge in [-0.15, -0.1) is 0 Å². The Morgan fingerprint density at radius 3 is 2.95 bits per heavy atom. The number of carbonyl (C=O) groups is 2. The summed E-state index contributed by atoms with van der Waals surface area (Å²) >= 11 is 0. The van der Waals surface area contributed by atoms with E-state index >= 15 is 0 Å². The van der Waals surface area contributed by atoms with E-state index in [0.29, 0.717) is 18.8 Å². The lowest BCUT2D eigenvalue weighted by atomic mass is 9.72. The number of cyclic esters (lactones) is 1. The molecule has 2 aliphatic carbocycles. The van der Waals surface area contributed by atoms with Crippen molar-refractivity contribution in [2.75, 3.05) is 6.61 Å². The predicted molar refractivity (Wildman–Crippen MR) is 71.3 cm³/mol. The highest BCUT2D eigenvalue weighted by molar-refractivity contribution is 6.18. The maximum atomic E-state index is 11.6. The molecule has 2 unspecified atom stereocenters. The van der Waals surface area contributed by atoms with Crippen LogP contribution < -0.4 is 0 Å². The zero-order valence-electron chi connectivity index (χ0n) is 11.3. The van der Waals surface area contributed by atoms with Gasteiger partial charge in [0.25, 0.3) is 5.97 Å².